The largest absolute Gasteiger partial charge is 0.505 e. The zero-order valence-corrected chi connectivity index (χ0v) is 12.0. The van der Waals surface area contributed by atoms with Crippen LogP contribution in [0.1, 0.15) is 43.7 Å². The predicted octanol–water partition coefficient (Wildman–Crippen LogP) is 5.01. The molecule has 0 unspecified atom stereocenters. The van der Waals surface area contributed by atoms with Crippen molar-refractivity contribution in [3.05, 3.63) is 27.5 Å². The van der Waals surface area contributed by atoms with Gasteiger partial charge in [-0.3, -0.25) is 0 Å². The molecule has 1 saturated carbocycles. The highest BCUT2D eigenvalue weighted by molar-refractivity contribution is 9.10. The summed E-state index contributed by atoms with van der Waals surface area (Å²) in [6.07, 6.45) is -2.97. The molecule has 1 N–H and O–H groups in total. The first kappa shape index (κ1) is 14.6. The average Bonchev–Trinajstić information content (AvgIpc) is 3.08. The third kappa shape index (κ3) is 2.35. The third-order valence-electron chi connectivity index (χ3n) is 3.61. The zero-order valence-electron chi connectivity index (χ0n) is 10.4. The first-order valence-electron chi connectivity index (χ1n) is 5.85. The molecule has 1 nitrogen and oxygen atoms in total. The van der Waals surface area contributed by atoms with E-state index in [1.54, 1.807) is 0 Å². The highest BCUT2D eigenvalue weighted by Gasteiger charge is 2.50. The van der Waals surface area contributed by atoms with Crippen molar-refractivity contribution >= 4 is 15.9 Å². The fourth-order valence-electron chi connectivity index (χ4n) is 1.95. The first-order valence-corrected chi connectivity index (χ1v) is 6.64. The van der Waals surface area contributed by atoms with Gasteiger partial charge in [0.15, 0.2) is 11.6 Å². The molecule has 2 rings (SSSR count). The van der Waals surface area contributed by atoms with Crippen LogP contribution in [0, 0.1) is 5.82 Å². The van der Waals surface area contributed by atoms with Crippen molar-refractivity contribution in [3.63, 3.8) is 0 Å². The lowest BCUT2D eigenvalue weighted by Gasteiger charge is -2.30. The van der Waals surface area contributed by atoms with Gasteiger partial charge in [0.1, 0.15) is 0 Å². The van der Waals surface area contributed by atoms with Crippen LogP contribution in [0.4, 0.5) is 17.6 Å². The Morgan fingerprint density at radius 1 is 1.26 bits per heavy atom. The summed E-state index contributed by atoms with van der Waals surface area (Å²) in [5.41, 5.74) is -2.10. The maximum absolute atomic E-state index is 13.9. The van der Waals surface area contributed by atoms with Crippen LogP contribution < -0.4 is 0 Å². The molecule has 0 aliphatic heterocycles. The molecule has 1 aromatic carbocycles. The molecule has 0 heterocycles. The molecule has 1 aliphatic carbocycles. The Kier molecular flexibility index (Phi) is 3.36. The summed E-state index contributed by atoms with van der Waals surface area (Å²) in [7, 11) is 0. The third-order valence-corrected chi connectivity index (χ3v) is 4.38. The van der Waals surface area contributed by atoms with Crippen LogP contribution in [0.2, 0.25) is 0 Å². The standard InChI is InChI=1S/C13H13BrF4O/c1-12(2,13(16,17)18)8-5-7(6-3-4-6)11(19)10(15)9(8)14/h5-6,19H,3-4H2,1-2H3. The summed E-state index contributed by atoms with van der Waals surface area (Å²) in [6.45, 7) is 2.00. The van der Waals surface area contributed by atoms with Crippen molar-refractivity contribution < 1.29 is 22.7 Å². The maximum Gasteiger partial charge on any atom is 0.397 e. The lowest BCUT2D eigenvalue weighted by Crippen LogP contribution is -2.37. The SMILES string of the molecule is CC(C)(c1cc(C2CC2)c(O)c(F)c1Br)C(F)(F)F. The van der Waals surface area contributed by atoms with Gasteiger partial charge >= 0.3 is 6.18 Å². The molecule has 0 spiro atoms. The Bertz CT molecular complexity index is 518. The average molecular weight is 341 g/mol. The highest BCUT2D eigenvalue weighted by Crippen LogP contribution is 2.50. The molecule has 1 aromatic rings. The van der Waals surface area contributed by atoms with Gasteiger partial charge in [-0.1, -0.05) is 0 Å². The van der Waals surface area contributed by atoms with Crippen LogP contribution >= 0.6 is 15.9 Å². The van der Waals surface area contributed by atoms with E-state index in [-0.39, 0.29) is 21.5 Å². The van der Waals surface area contributed by atoms with Gasteiger partial charge in [0.25, 0.3) is 0 Å². The number of hydrogen-bond donors (Lipinski definition) is 1. The smallest absolute Gasteiger partial charge is 0.397 e. The van der Waals surface area contributed by atoms with E-state index in [0.717, 1.165) is 26.7 Å². The van der Waals surface area contributed by atoms with E-state index in [0.29, 0.717) is 0 Å². The van der Waals surface area contributed by atoms with Crippen molar-refractivity contribution in [2.24, 2.45) is 0 Å². The molecule has 1 fully saturated rings. The van der Waals surface area contributed by atoms with E-state index in [4.69, 9.17) is 0 Å². The number of benzene rings is 1. The molecule has 6 heteroatoms. The minimum atomic E-state index is -4.50. The monoisotopic (exact) mass is 340 g/mol. The fraction of sp³-hybridized carbons (Fsp3) is 0.538. The van der Waals surface area contributed by atoms with E-state index in [2.05, 4.69) is 15.9 Å². The van der Waals surface area contributed by atoms with Crippen molar-refractivity contribution in [2.45, 2.75) is 44.2 Å². The number of phenolic OH excluding ortho intramolecular Hbond substituents is 1. The van der Waals surface area contributed by atoms with Crippen molar-refractivity contribution in [1.29, 1.82) is 0 Å². The molecule has 0 atom stereocenters. The minimum Gasteiger partial charge on any atom is -0.505 e. The number of phenols is 1. The molecule has 19 heavy (non-hydrogen) atoms. The lowest BCUT2D eigenvalue weighted by atomic mass is 9.82. The van der Waals surface area contributed by atoms with Crippen LogP contribution in [-0.2, 0) is 5.41 Å². The van der Waals surface area contributed by atoms with Crippen molar-refractivity contribution in [3.8, 4) is 5.75 Å². The van der Waals surface area contributed by atoms with Gasteiger partial charge in [-0.05, 0) is 60.2 Å². The van der Waals surface area contributed by atoms with Crippen LogP contribution in [0.3, 0.4) is 0 Å². The van der Waals surface area contributed by atoms with Crippen molar-refractivity contribution in [2.75, 3.05) is 0 Å². The number of hydrogen-bond acceptors (Lipinski definition) is 1. The van der Waals surface area contributed by atoms with Crippen LogP contribution in [0.5, 0.6) is 5.75 Å². The maximum atomic E-state index is 13.9. The molecule has 0 aromatic heterocycles. The molecular formula is C13H13BrF4O. The second-order valence-electron chi connectivity index (χ2n) is 5.39. The molecule has 0 saturated heterocycles. The van der Waals surface area contributed by atoms with Crippen LogP contribution in [0.15, 0.2) is 10.5 Å². The van der Waals surface area contributed by atoms with Gasteiger partial charge in [-0.15, -0.1) is 0 Å². The first-order chi connectivity index (χ1) is 8.57. The highest BCUT2D eigenvalue weighted by atomic mass is 79.9. The van der Waals surface area contributed by atoms with Gasteiger partial charge in [0.05, 0.1) is 9.89 Å². The number of rotatable bonds is 2. The topological polar surface area (TPSA) is 20.2 Å². The zero-order chi connectivity index (χ0) is 14.6. The van der Waals surface area contributed by atoms with E-state index in [1.165, 1.54) is 6.07 Å². The van der Waals surface area contributed by atoms with Crippen LogP contribution in [-0.4, -0.2) is 11.3 Å². The lowest BCUT2D eigenvalue weighted by molar-refractivity contribution is -0.180. The van der Waals surface area contributed by atoms with Gasteiger partial charge < -0.3 is 5.11 Å². The molecule has 0 bridgehead atoms. The number of halogens is 5. The summed E-state index contributed by atoms with van der Waals surface area (Å²) in [4.78, 5) is 0. The van der Waals surface area contributed by atoms with E-state index < -0.39 is 23.2 Å². The summed E-state index contributed by atoms with van der Waals surface area (Å²) in [6, 6.07) is 1.27. The predicted molar refractivity (Wildman–Crippen MR) is 66.8 cm³/mol. The molecular weight excluding hydrogens is 328 g/mol. The van der Waals surface area contributed by atoms with Crippen molar-refractivity contribution in [1.82, 2.24) is 0 Å². The number of alkyl halides is 3. The normalized spacial score (nSPS) is 16.8. The Labute approximate surface area is 116 Å². The molecule has 0 radical (unpaired) electrons. The Morgan fingerprint density at radius 2 is 1.79 bits per heavy atom. The Balaban J connectivity index is 2.64. The second-order valence-corrected chi connectivity index (χ2v) is 6.18. The molecule has 0 amide bonds. The second kappa shape index (κ2) is 4.36. The molecule has 1 aliphatic rings. The fourth-order valence-corrected chi connectivity index (χ4v) is 2.75. The summed E-state index contributed by atoms with van der Waals surface area (Å²) in [5.74, 6) is -1.60. The Hall–Kier alpha value is -0.780. The van der Waals surface area contributed by atoms with Crippen LogP contribution in [0.25, 0.3) is 0 Å². The summed E-state index contributed by atoms with van der Waals surface area (Å²) < 4.78 is 52.8. The Morgan fingerprint density at radius 3 is 2.21 bits per heavy atom. The quantitative estimate of drug-likeness (QED) is 0.750. The van der Waals surface area contributed by atoms with E-state index >= 15 is 0 Å². The van der Waals surface area contributed by atoms with Gasteiger partial charge in [-0.2, -0.15) is 13.2 Å². The molecule has 106 valence electrons. The number of aromatic hydroxyl groups is 1. The summed E-state index contributed by atoms with van der Waals surface area (Å²) >= 11 is 2.83. The minimum absolute atomic E-state index is 0.0367. The van der Waals surface area contributed by atoms with Gasteiger partial charge in [0, 0.05) is 5.56 Å². The summed E-state index contributed by atoms with van der Waals surface area (Å²) in [5, 5.41) is 9.70. The van der Waals surface area contributed by atoms with Gasteiger partial charge in [-0.25, -0.2) is 4.39 Å². The van der Waals surface area contributed by atoms with Gasteiger partial charge in [0.2, 0.25) is 0 Å². The van der Waals surface area contributed by atoms with E-state index in [9.17, 15) is 22.7 Å². The van der Waals surface area contributed by atoms with E-state index in [1.807, 2.05) is 0 Å².